The lowest BCUT2D eigenvalue weighted by atomic mass is 10.1. The van der Waals surface area contributed by atoms with Gasteiger partial charge in [-0.25, -0.2) is 0 Å². The number of rotatable bonds is 5. The molecule has 0 radical (unpaired) electrons. The molecule has 0 bridgehead atoms. The highest BCUT2D eigenvalue weighted by molar-refractivity contribution is 7.51. The minimum absolute atomic E-state index is 0.121. The fourth-order valence-electron chi connectivity index (χ4n) is 0.811. The normalized spacial score (nSPS) is 21.4. The average Bonchev–Trinajstić information content (AvgIpc) is 1.84. The summed E-state index contributed by atoms with van der Waals surface area (Å²) in [5, 5.41) is 0. The maximum Gasteiger partial charge on any atom is 0.325 e. The van der Waals surface area contributed by atoms with Gasteiger partial charge in [0.25, 0.3) is 0 Å². The summed E-state index contributed by atoms with van der Waals surface area (Å²) in [4.78, 5) is 8.90. The number of methoxy groups -OCH3 is 1. The molecule has 5 heteroatoms. The molecule has 0 aromatic carbocycles. The molecule has 0 rings (SSSR count). The van der Waals surface area contributed by atoms with Crippen molar-refractivity contribution in [1.82, 2.24) is 0 Å². The van der Waals surface area contributed by atoms with E-state index in [1.165, 1.54) is 6.66 Å². The zero-order chi connectivity index (χ0) is 9.78. The Morgan fingerprint density at radius 2 is 2.00 bits per heavy atom. The number of hydrogen-bond acceptors (Lipinski definition) is 3. The highest BCUT2D eigenvalue weighted by Gasteiger charge is 2.20. The maximum atomic E-state index is 10.8. The van der Waals surface area contributed by atoms with Crippen LogP contribution in [0.15, 0.2) is 0 Å². The van der Waals surface area contributed by atoms with E-state index in [0.717, 1.165) is 0 Å². The Labute approximate surface area is 73.4 Å². The van der Waals surface area contributed by atoms with E-state index >= 15 is 0 Å². The molecule has 0 aliphatic carbocycles. The van der Waals surface area contributed by atoms with Crippen LogP contribution in [-0.4, -0.2) is 31.4 Å². The standard InChI is InChI=1S/C7H17O4P/c1-6(5-10-3)7(2)11-12(4,8)9/h6-7H,5H2,1-4H3,(H,8,9)/t6-,7-/m0/s1. The molecule has 0 saturated carbocycles. The molecule has 0 aliphatic heterocycles. The molecular weight excluding hydrogens is 179 g/mol. The molecule has 74 valence electrons. The summed E-state index contributed by atoms with van der Waals surface area (Å²) in [6, 6.07) is 0. The fourth-order valence-corrected chi connectivity index (χ4v) is 1.64. The third-order valence-corrected chi connectivity index (χ3v) is 2.32. The van der Waals surface area contributed by atoms with Gasteiger partial charge in [-0.2, -0.15) is 0 Å². The molecule has 12 heavy (non-hydrogen) atoms. The van der Waals surface area contributed by atoms with Crippen molar-refractivity contribution < 1.29 is 18.7 Å². The van der Waals surface area contributed by atoms with Crippen molar-refractivity contribution >= 4 is 7.60 Å². The van der Waals surface area contributed by atoms with Crippen LogP contribution in [0.5, 0.6) is 0 Å². The molecule has 0 heterocycles. The highest BCUT2D eigenvalue weighted by Crippen LogP contribution is 2.39. The predicted molar refractivity (Wildman–Crippen MR) is 47.3 cm³/mol. The summed E-state index contributed by atoms with van der Waals surface area (Å²) in [6.07, 6.45) is -0.259. The van der Waals surface area contributed by atoms with E-state index in [1.54, 1.807) is 14.0 Å². The summed E-state index contributed by atoms with van der Waals surface area (Å²) in [5.74, 6) is 0.121. The van der Waals surface area contributed by atoms with Crippen LogP contribution in [-0.2, 0) is 13.8 Å². The summed E-state index contributed by atoms with van der Waals surface area (Å²) in [7, 11) is -1.76. The SMILES string of the molecule is COC[C@H](C)[C@H](C)OP(C)(=O)O. The van der Waals surface area contributed by atoms with Crippen molar-refractivity contribution in [2.24, 2.45) is 5.92 Å². The van der Waals surface area contributed by atoms with Gasteiger partial charge in [-0.1, -0.05) is 6.92 Å². The second-order valence-corrected chi connectivity index (χ2v) is 4.86. The first-order valence-corrected chi connectivity index (χ1v) is 5.87. The molecule has 0 fully saturated rings. The van der Waals surface area contributed by atoms with Gasteiger partial charge < -0.3 is 14.2 Å². The third-order valence-electron chi connectivity index (χ3n) is 1.59. The van der Waals surface area contributed by atoms with Gasteiger partial charge in [0.05, 0.1) is 12.7 Å². The van der Waals surface area contributed by atoms with Crippen LogP contribution in [0.25, 0.3) is 0 Å². The first-order chi connectivity index (χ1) is 5.37. The van der Waals surface area contributed by atoms with Crippen molar-refractivity contribution in [3.05, 3.63) is 0 Å². The van der Waals surface area contributed by atoms with Gasteiger partial charge in [-0.3, -0.25) is 4.57 Å². The van der Waals surface area contributed by atoms with E-state index in [0.29, 0.717) is 6.61 Å². The second-order valence-electron chi connectivity index (χ2n) is 3.05. The number of ether oxygens (including phenoxy) is 1. The Hall–Kier alpha value is 0.110. The van der Waals surface area contributed by atoms with Gasteiger partial charge in [0.1, 0.15) is 0 Å². The van der Waals surface area contributed by atoms with E-state index in [-0.39, 0.29) is 12.0 Å². The molecule has 0 aromatic rings. The van der Waals surface area contributed by atoms with E-state index < -0.39 is 7.60 Å². The van der Waals surface area contributed by atoms with Crippen LogP contribution in [0.2, 0.25) is 0 Å². The summed E-state index contributed by atoms with van der Waals surface area (Å²) in [6.45, 7) is 5.38. The molecule has 1 unspecified atom stereocenters. The van der Waals surface area contributed by atoms with Gasteiger partial charge in [0.15, 0.2) is 0 Å². The predicted octanol–water partition coefficient (Wildman–Crippen LogP) is 1.49. The van der Waals surface area contributed by atoms with Crippen molar-refractivity contribution in [1.29, 1.82) is 0 Å². The third kappa shape index (κ3) is 5.72. The highest BCUT2D eigenvalue weighted by atomic mass is 31.2. The molecule has 0 aromatic heterocycles. The average molecular weight is 196 g/mol. The quantitative estimate of drug-likeness (QED) is 0.677. The molecule has 0 spiro atoms. The van der Waals surface area contributed by atoms with Crippen LogP contribution >= 0.6 is 7.60 Å². The molecule has 0 aliphatic rings. The zero-order valence-corrected chi connectivity index (χ0v) is 8.88. The van der Waals surface area contributed by atoms with Crippen LogP contribution in [0.1, 0.15) is 13.8 Å². The topological polar surface area (TPSA) is 55.8 Å². The van der Waals surface area contributed by atoms with Crippen LogP contribution < -0.4 is 0 Å². The van der Waals surface area contributed by atoms with E-state index in [4.69, 9.17) is 14.2 Å². The maximum absolute atomic E-state index is 10.8. The molecule has 0 saturated heterocycles. The zero-order valence-electron chi connectivity index (χ0n) is 7.98. The van der Waals surface area contributed by atoms with Crippen LogP contribution in [0.4, 0.5) is 0 Å². The van der Waals surface area contributed by atoms with Gasteiger partial charge in [0.2, 0.25) is 0 Å². The minimum Gasteiger partial charge on any atom is -0.384 e. The Morgan fingerprint density at radius 1 is 1.50 bits per heavy atom. The van der Waals surface area contributed by atoms with Crippen LogP contribution in [0.3, 0.4) is 0 Å². The first-order valence-electron chi connectivity index (χ1n) is 3.84. The fraction of sp³-hybridized carbons (Fsp3) is 1.00. The lowest BCUT2D eigenvalue weighted by Gasteiger charge is -2.20. The van der Waals surface area contributed by atoms with E-state index in [2.05, 4.69) is 0 Å². The molecule has 3 atom stereocenters. The lowest BCUT2D eigenvalue weighted by Crippen LogP contribution is -2.20. The Morgan fingerprint density at radius 3 is 2.33 bits per heavy atom. The van der Waals surface area contributed by atoms with Gasteiger partial charge >= 0.3 is 7.60 Å². The minimum atomic E-state index is -3.35. The number of hydrogen-bond donors (Lipinski definition) is 1. The summed E-state index contributed by atoms with van der Waals surface area (Å²) >= 11 is 0. The Balaban J connectivity index is 3.86. The molecular formula is C7H17O4P. The summed E-state index contributed by atoms with van der Waals surface area (Å²) < 4.78 is 20.6. The van der Waals surface area contributed by atoms with Crippen molar-refractivity contribution in [3.8, 4) is 0 Å². The van der Waals surface area contributed by atoms with E-state index in [1.807, 2.05) is 6.92 Å². The molecule has 1 N–H and O–H groups in total. The smallest absolute Gasteiger partial charge is 0.325 e. The van der Waals surface area contributed by atoms with Crippen molar-refractivity contribution in [2.75, 3.05) is 20.4 Å². The van der Waals surface area contributed by atoms with Gasteiger partial charge in [0, 0.05) is 19.7 Å². The summed E-state index contributed by atoms with van der Waals surface area (Å²) in [5.41, 5.74) is 0. The van der Waals surface area contributed by atoms with E-state index in [9.17, 15) is 4.57 Å². The first kappa shape index (κ1) is 12.1. The largest absolute Gasteiger partial charge is 0.384 e. The second kappa shape index (κ2) is 4.97. The van der Waals surface area contributed by atoms with Gasteiger partial charge in [-0.05, 0) is 6.92 Å². The molecule has 0 amide bonds. The lowest BCUT2D eigenvalue weighted by molar-refractivity contribution is 0.0763. The Kier molecular flexibility index (Phi) is 5.02. The molecule has 4 nitrogen and oxygen atoms in total. The monoisotopic (exact) mass is 196 g/mol. The van der Waals surface area contributed by atoms with Crippen LogP contribution in [0, 0.1) is 5.92 Å². The van der Waals surface area contributed by atoms with Crippen molar-refractivity contribution in [3.63, 3.8) is 0 Å². The van der Waals surface area contributed by atoms with Gasteiger partial charge in [-0.15, -0.1) is 0 Å². The van der Waals surface area contributed by atoms with Crippen molar-refractivity contribution in [2.45, 2.75) is 20.0 Å². The Bertz CT molecular complexity index is 165.